The fourth-order valence-electron chi connectivity index (χ4n) is 2.22. The van der Waals surface area contributed by atoms with Crippen molar-refractivity contribution in [1.29, 1.82) is 0 Å². The second-order valence-electron chi connectivity index (χ2n) is 4.93. The number of hydrogen-bond donors (Lipinski definition) is 1. The molecule has 21 heavy (non-hydrogen) atoms. The second-order valence-corrected chi connectivity index (χ2v) is 5.33. The standard InChI is InChI=1S/C16H14ClN3O/c1-10-5-6-13(8-14(10)17)20-16(21)11(2)15(19-20)12-4-3-7-18-9-12/h3-9,19H,1-2H3. The van der Waals surface area contributed by atoms with Gasteiger partial charge < -0.3 is 0 Å². The van der Waals surface area contributed by atoms with E-state index in [-0.39, 0.29) is 5.56 Å². The molecule has 106 valence electrons. The van der Waals surface area contributed by atoms with Crippen LogP contribution in [0.25, 0.3) is 16.9 Å². The summed E-state index contributed by atoms with van der Waals surface area (Å²) < 4.78 is 1.50. The number of nitrogens with zero attached hydrogens (tertiary/aromatic N) is 2. The molecule has 3 rings (SSSR count). The first-order chi connectivity index (χ1) is 10.1. The van der Waals surface area contributed by atoms with Crippen molar-refractivity contribution in [2.75, 3.05) is 0 Å². The summed E-state index contributed by atoms with van der Waals surface area (Å²) in [4.78, 5) is 16.5. The molecule has 0 spiro atoms. The number of nitrogens with one attached hydrogen (secondary N) is 1. The van der Waals surface area contributed by atoms with Crippen LogP contribution in [0, 0.1) is 13.8 Å². The van der Waals surface area contributed by atoms with Crippen molar-refractivity contribution >= 4 is 11.6 Å². The van der Waals surface area contributed by atoms with E-state index in [2.05, 4.69) is 10.1 Å². The van der Waals surface area contributed by atoms with E-state index in [0.717, 1.165) is 16.8 Å². The van der Waals surface area contributed by atoms with Crippen LogP contribution in [0.2, 0.25) is 5.02 Å². The number of rotatable bonds is 2. The van der Waals surface area contributed by atoms with Crippen LogP contribution in [0.3, 0.4) is 0 Å². The number of pyridine rings is 1. The Kier molecular flexibility index (Phi) is 3.39. The molecule has 5 heteroatoms. The number of halogens is 1. The molecule has 1 aromatic carbocycles. The molecule has 0 unspecified atom stereocenters. The minimum Gasteiger partial charge on any atom is -0.290 e. The van der Waals surface area contributed by atoms with Gasteiger partial charge in [0.2, 0.25) is 0 Å². The molecule has 0 atom stereocenters. The van der Waals surface area contributed by atoms with Crippen molar-refractivity contribution in [1.82, 2.24) is 14.8 Å². The van der Waals surface area contributed by atoms with Crippen molar-refractivity contribution < 1.29 is 0 Å². The number of benzene rings is 1. The normalized spacial score (nSPS) is 10.8. The Morgan fingerprint density at radius 1 is 1.24 bits per heavy atom. The molecular formula is C16H14ClN3O. The van der Waals surface area contributed by atoms with Crippen LogP contribution in [-0.2, 0) is 0 Å². The van der Waals surface area contributed by atoms with Gasteiger partial charge in [0.15, 0.2) is 0 Å². The third-order valence-corrected chi connectivity index (χ3v) is 3.89. The van der Waals surface area contributed by atoms with Crippen molar-refractivity contribution in [3.63, 3.8) is 0 Å². The molecule has 4 nitrogen and oxygen atoms in total. The molecule has 0 aliphatic heterocycles. The Morgan fingerprint density at radius 2 is 2.05 bits per heavy atom. The van der Waals surface area contributed by atoms with Gasteiger partial charge in [-0.3, -0.25) is 14.9 Å². The molecule has 0 saturated carbocycles. The van der Waals surface area contributed by atoms with Crippen LogP contribution in [0.5, 0.6) is 0 Å². The predicted molar refractivity (Wildman–Crippen MR) is 84.1 cm³/mol. The lowest BCUT2D eigenvalue weighted by Gasteiger charge is -2.04. The van der Waals surface area contributed by atoms with Crippen molar-refractivity contribution in [2.24, 2.45) is 0 Å². The van der Waals surface area contributed by atoms with Crippen LogP contribution >= 0.6 is 11.6 Å². The van der Waals surface area contributed by atoms with E-state index in [9.17, 15) is 4.79 Å². The van der Waals surface area contributed by atoms with E-state index in [1.54, 1.807) is 25.4 Å². The summed E-state index contributed by atoms with van der Waals surface area (Å²) in [6.45, 7) is 3.73. The predicted octanol–water partition coefficient (Wildman–Crippen LogP) is 3.50. The molecule has 3 aromatic rings. The Morgan fingerprint density at radius 3 is 2.71 bits per heavy atom. The highest BCUT2D eigenvalue weighted by molar-refractivity contribution is 6.31. The SMILES string of the molecule is Cc1ccc(-n2[nH]c(-c3cccnc3)c(C)c2=O)cc1Cl. The van der Waals surface area contributed by atoms with Gasteiger partial charge in [0.25, 0.3) is 5.56 Å². The zero-order valence-electron chi connectivity index (χ0n) is 11.7. The quantitative estimate of drug-likeness (QED) is 0.787. The zero-order valence-corrected chi connectivity index (χ0v) is 12.5. The third-order valence-electron chi connectivity index (χ3n) is 3.49. The number of H-pyrrole nitrogens is 1. The summed E-state index contributed by atoms with van der Waals surface area (Å²) >= 11 is 6.14. The van der Waals surface area contributed by atoms with Gasteiger partial charge in [-0.05, 0) is 43.7 Å². The van der Waals surface area contributed by atoms with Gasteiger partial charge in [0, 0.05) is 28.5 Å². The molecular weight excluding hydrogens is 286 g/mol. The molecule has 1 N–H and O–H groups in total. The smallest absolute Gasteiger partial charge is 0.274 e. The zero-order chi connectivity index (χ0) is 15.0. The summed E-state index contributed by atoms with van der Waals surface area (Å²) in [6, 6.07) is 9.29. The molecule has 0 amide bonds. The maximum absolute atomic E-state index is 12.4. The summed E-state index contributed by atoms with van der Waals surface area (Å²) in [5, 5.41) is 3.77. The molecule has 0 fully saturated rings. The summed E-state index contributed by atoms with van der Waals surface area (Å²) in [5.74, 6) is 0. The number of aromatic nitrogens is 3. The molecule has 0 radical (unpaired) electrons. The lowest BCUT2D eigenvalue weighted by Crippen LogP contribution is -2.15. The Hall–Kier alpha value is -2.33. The first-order valence-corrected chi connectivity index (χ1v) is 6.94. The molecule has 0 aliphatic carbocycles. The molecule has 0 saturated heterocycles. The van der Waals surface area contributed by atoms with Crippen LogP contribution in [-0.4, -0.2) is 14.8 Å². The van der Waals surface area contributed by atoms with E-state index in [4.69, 9.17) is 11.6 Å². The first-order valence-electron chi connectivity index (χ1n) is 6.56. The van der Waals surface area contributed by atoms with Crippen LogP contribution in [0.15, 0.2) is 47.5 Å². The topological polar surface area (TPSA) is 50.7 Å². The van der Waals surface area contributed by atoms with Gasteiger partial charge in [-0.15, -0.1) is 0 Å². The van der Waals surface area contributed by atoms with Gasteiger partial charge in [-0.25, -0.2) is 4.68 Å². The van der Waals surface area contributed by atoms with Crippen LogP contribution in [0.4, 0.5) is 0 Å². The maximum atomic E-state index is 12.4. The monoisotopic (exact) mass is 299 g/mol. The Labute approximate surface area is 127 Å². The molecule has 0 bridgehead atoms. The van der Waals surface area contributed by atoms with E-state index >= 15 is 0 Å². The van der Waals surface area contributed by atoms with Crippen molar-refractivity contribution in [3.8, 4) is 16.9 Å². The number of aromatic amines is 1. The van der Waals surface area contributed by atoms with E-state index in [0.29, 0.717) is 16.3 Å². The average molecular weight is 300 g/mol. The van der Waals surface area contributed by atoms with Crippen LogP contribution < -0.4 is 5.56 Å². The highest BCUT2D eigenvalue weighted by Gasteiger charge is 2.13. The van der Waals surface area contributed by atoms with E-state index in [1.165, 1.54) is 4.68 Å². The highest BCUT2D eigenvalue weighted by Crippen LogP contribution is 2.21. The molecule has 0 aliphatic rings. The summed E-state index contributed by atoms with van der Waals surface area (Å²) in [6.07, 6.45) is 3.43. The Balaban J connectivity index is 2.17. The highest BCUT2D eigenvalue weighted by atomic mass is 35.5. The molecule has 2 heterocycles. The second kappa shape index (κ2) is 5.22. The summed E-state index contributed by atoms with van der Waals surface area (Å²) in [5.41, 5.74) is 3.90. The van der Waals surface area contributed by atoms with Gasteiger partial charge in [-0.2, -0.15) is 0 Å². The summed E-state index contributed by atoms with van der Waals surface area (Å²) in [7, 11) is 0. The average Bonchev–Trinajstić information content (AvgIpc) is 2.79. The first kappa shape index (κ1) is 13.6. The minimum absolute atomic E-state index is 0.0891. The fraction of sp³-hybridized carbons (Fsp3) is 0.125. The van der Waals surface area contributed by atoms with Crippen molar-refractivity contribution in [3.05, 3.63) is 69.2 Å². The number of aryl methyl sites for hydroxylation is 1. The molecule has 2 aromatic heterocycles. The van der Waals surface area contributed by atoms with Crippen molar-refractivity contribution in [2.45, 2.75) is 13.8 Å². The maximum Gasteiger partial charge on any atom is 0.274 e. The lowest BCUT2D eigenvalue weighted by atomic mass is 10.1. The van der Waals surface area contributed by atoms with E-state index < -0.39 is 0 Å². The van der Waals surface area contributed by atoms with Gasteiger partial charge in [0.1, 0.15) is 0 Å². The lowest BCUT2D eigenvalue weighted by molar-refractivity contribution is 0.850. The number of hydrogen-bond acceptors (Lipinski definition) is 2. The largest absolute Gasteiger partial charge is 0.290 e. The van der Waals surface area contributed by atoms with Crippen LogP contribution in [0.1, 0.15) is 11.1 Å². The van der Waals surface area contributed by atoms with Gasteiger partial charge >= 0.3 is 0 Å². The fourth-order valence-corrected chi connectivity index (χ4v) is 2.39. The van der Waals surface area contributed by atoms with E-state index in [1.807, 2.05) is 31.2 Å². The third kappa shape index (κ3) is 2.38. The van der Waals surface area contributed by atoms with Gasteiger partial charge in [0.05, 0.1) is 11.4 Å². The van der Waals surface area contributed by atoms with Gasteiger partial charge in [-0.1, -0.05) is 17.7 Å². The minimum atomic E-state index is -0.0891. The Bertz CT molecular complexity index is 850.